The van der Waals surface area contributed by atoms with Crippen LogP contribution >= 0.6 is 11.6 Å². The van der Waals surface area contributed by atoms with Crippen molar-refractivity contribution in [3.63, 3.8) is 0 Å². The van der Waals surface area contributed by atoms with E-state index in [0.717, 1.165) is 45.6 Å². The Bertz CT molecular complexity index is 1920. The summed E-state index contributed by atoms with van der Waals surface area (Å²) in [6.07, 6.45) is -0.729. The van der Waals surface area contributed by atoms with E-state index in [-0.39, 0.29) is 26.4 Å². The number of aliphatic hydroxyl groups is 1. The van der Waals surface area contributed by atoms with Crippen molar-refractivity contribution in [2.45, 2.75) is 62.4 Å². The Hall–Kier alpha value is -4.05. The average Bonchev–Trinajstić information content (AvgIpc) is 3.80. The predicted molar refractivity (Wildman–Crippen MR) is 193 cm³/mol. The van der Waals surface area contributed by atoms with Crippen molar-refractivity contribution in [1.82, 2.24) is 0 Å². The first-order valence-corrected chi connectivity index (χ1v) is 17.9. The van der Waals surface area contributed by atoms with Crippen LogP contribution in [-0.2, 0) is 62.1 Å². The molecule has 0 saturated carbocycles. The molecule has 5 atom stereocenters. The van der Waals surface area contributed by atoms with Crippen LogP contribution in [0.1, 0.15) is 38.9 Å². The summed E-state index contributed by atoms with van der Waals surface area (Å²) >= 11 is 6.88. The second-order valence-corrected chi connectivity index (χ2v) is 13.9. The molecule has 262 valence electrons. The molecular weight excluding hydrogens is 664 g/mol. The number of benzene rings is 5. The zero-order chi connectivity index (χ0) is 34.7. The molecule has 5 aromatic rings. The van der Waals surface area contributed by atoms with Gasteiger partial charge in [0, 0.05) is 17.0 Å². The molecule has 2 fully saturated rings. The molecule has 3 heterocycles. The van der Waals surface area contributed by atoms with Crippen molar-refractivity contribution in [3.8, 4) is 5.75 Å². The van der Waals surface area contributed by atoms with Crippen LogP contribution in [0.4, 0.5) is 0 Å². The molecule has 2 saturated heterocycles. The third kappa shape index (κ3) is 6.96. The van der Waals surface area contributed by atoms with Gasteiger partial charge < -0.3 is 33.5 Å². The molecule has 3 aliphatic rings. The van der Waals surface area contributed by atoms with Gasteiger partial charge in [-0.15, -0.1) is 0 Å². The normalized spacial score (nSPS) is 25.0. The molecule has 0 aliphatic carbocycles. The highest BCUT2D eigenvalue weighted by Gasteiger charge is 2.69. The molecular formula is C43H41ClO7. The van der Waals surface area contributed by atoms with Crippen molar-refractivity contribution in [2.75, 3.05) is 19.8 Å². The van der Waals surface area contributed by atoms with Crippen LogP contribution in [0.15, 0.2) is 127 Å². The minimum absolute atomic E-state index is 0.0716. The molecule has 0 amide bonds. The molecule has 1 N–H and O–H groups in total. The molecule has 0 aromatic heterocycles. The van der Waals surface area contributed by atoms with Gasteiger partial charge in [0.25, 0.3) is 0 Å². The van der Waals surface area contributed by atoms with Crippen LogP contribution in [0.3, 0.4) is 0 Å². The van der Waals surface area contributed by atoms with E-state index < -0.39 is 29.7 Å². The summed E-state index contributed by atoms with van der Waals surface area (Å²) in [6.45, 7) is 1.29. The first-order chi connectivity index (χ1) is 25.0. The number of rotatable bonds is 13. The van der Waals surface area contributed by atoms with E-state index >= 15 is 0 Å². The van der Waals surface area contributed by atoms with Gasteiger partial charge in [-0.1, -0.05) is 121 Å². The van der Waals surface area contributed by atoms with E-state index in [1.807, 2.05) is 115 Å². The standard InChI is InChI=1S/C43H41ClO7/c44-37-18-17-36(24-35(37)23-33-16-19-38-34(22-33)20-21-46-38)43-41(49-27-32-14-8-3-9-15-32)39(47-25-30-10-4-1-5-11-30)40(42(28-45,51-43)29-50-43)48-26-31-12-6-2-7-13-31/h1-19,22,24,39-41,45H,20-21,23,25-29H2/t39-,40-,41+,42+,43+/m0/s1. The molecule has 8 rings (SSSR count). The van der Waals surface area contributed by atoms with Crippen LogP contribution in [0.25, 0.3) is 0 Å². The fourth-order valence-electron chi connectivity index (χ4n) is 7.43. The molecule has 5 aromatic carbocycles. The fourth-order valence-corrected chi connectivity index (χ4v) is 7.61. The lowest BCUT2D eigenvalue weighted by Gasteiger charge is -2.50. The van der Waals surface area contributed by atoms with Crippen molar-refractivity contribution < 1.29 is 33.5 Å². The van der Waals surface area contributed by atoms with Crippen LogP contribution < -0.4 is 4.74 Å². The molecule has 0 unspecified atom stereocenters. The Morgan fingerprint density at radius 2 is 1.31 bits per heavy atom. The number of hydrogen-bond acceptors (Lipinski definition) is 7. The first-order valence-electron chi connectivity index (χ1n) is 17.5. The van der Waals surface area contributed by atoms with E-state index in [4.69, 9.17) is 40.0 Å². The third-order valence-corrected chi connectivity index (χ3v) is 10.4. The monoisotopic (exact) mass is 704 g/mol. The lowest BCUT2D eigenvalue weighted by atomic mass is 9.83. The highest BCUT2D eigenvalue weighted by Crippen LogP contribution is 2.53. The molecule has 7 nitrogen and oxygen atoms in total. The van der Waals surface area contributed by atoms with Gasteiger partial charge >= 0.3 is 0 Å². The minimum atomic E-state index is -1.43. The second kappa shape index (κ2) is 14.9. The predicted octanol–water partition coefficient (Wildman–Crippen LogP) is 7.57. The van der Waals surface area contributed by atoms with E-state index in [1.54, 1.807) is 0 Å². The number of fused-ring (bicyclic) bond motifs is 3. The van der Waals surface area contributed by atoms with Gasteiger partial charge in [0.2, 0.25) is 5.79 Å². The summed E-state index contributed by atoms with van der Waals surface area (Å²) in [7, 11) is 0. The summed E-state index contributed by atoms with van der Waals surface area (Å²) in [5.74, 6) is -0.492. The second-order valence-electron chi connectivity index (χ2n) is 13.5. The molecule has 51 heavy (non-hydrogen) atoms. The summed E-state index contributed by atoms with van der Waals surface area (Å²) in [4.78, 5) is 0. The van der Waals surface area contributed by atoms with Crippen molar-refractivity contribution in [3.05, 3.63) is 171 Å². The molecule has 0 spiro atoms. The zero-order valence-corrected chi connectivity index (χ0v) is 29.0. The van der Waals surface area contributed by atoms with Gasteiger partial charge in [0.15, 0.2) is 0 Å². The summed E-state index contributed by atoms with van der Waals surface area (Å²) < 4.78 is 40.0. The number of aliphatic hydroxyl groups excluding tert-OH is 1. The largest absolute Gasteiger partial charge is 0.493 e. The maximum atomic E-state index is 11.2. The average molecular weight is 705 g/mol. The van der Waals surface area contributed by atoms with E-state index in [1.165, 1.54) is 5.56 Å². The van der Waals surface area contributed by atoms with E-state index in [0.29, 0.717) is 24.7 Å². The van der Waals surface area contributed by atoms with Crippen LogP contribution in [0, 0.1) is 0 Å². The Kier molecular flexibility index (Phi) is 9.95. The van der Waals surface area contributed by atoms with Gasteiger partial charge in [-0.2, -0.15) is 0 Å². The first kappa shape index (κ1) is 34.1. The fraction of sp³-hybridized carbons (Fsp3) is 0.302. The Morgan fingerprint density at radius 1 is 0.686 bits per heavy atom. The maximum absolute atomic E-state index is 11.2. The van der Waals surface area contributed by atoms with Gasteiger partial charge in [-0.3, -0.25) is 0 Å². The minimum Gasteiger partial charge on any atom is -0.493 e. The highest BCUT2D eigenvalue weighted by atomic mass is 35.5. The summed E-state index contributed by atoms with van der Waals surface area (Å²) in [5, 5.41) is 11.8. The number of halogens is 1. The quantitative estimate of drug-likeness (QED) is 0.136. The lowest BCUT2D eigenvalue weighted by Crippen LogP contribution is -2.67. The van der Waals surface area contributed by atoms with Crippen LogP contribution in [0.5, 0.6) is 5.75 Å². The zero-order valence-electron chi connectivity index (χ0n) is 28.3. The van der Waals surface area contributed by atoms with Crippen molar-refractivity contribution >= 4 is 11.6 Å². The smallest absolute Gasteiger partial charge is 0.225 e. The molecule has 8 heteroatoms. The van der Waals surface area contributed by atoms with Gasteiger partial charge in [0.1, 0.15) is 29.7 Å². The molecule has 2 bridgehead atoms. The van der Waals surface area contributed by atoms with Crippen LogP contribution in [-0.4, -0.2) is 48.8 Å². The summed E-state index contributed by atoms with van der Waals surface area (Å²) in [5.41, 5.74) is 5.74. The molecule has 3 aliphatic heterocycles. The Labute approximate surface area is 303 Å². The van der Waals surface area contributed by atoms with E-state index in [9.17, 15) is 5.11 Å². The Morgan fingerprint density at radius 3 is 1.96 bits per heavy atom. The SMILES string of the molecule is OC[C@]12CO[C@](c3ccc(Cl)c(Cc4ccc5c(c4)CCO5)c3)(O1)[C@H](OCc1ccccc1)[C@@H](OCc1ccccc1)[C@@H]2OCc1ccccc1. The molecule has 0 radical (unpaired) electrons. The van der Waals surface area contributed by atoms with Gasteiger partial charge in [0.05, 0.1) is 39.6 Å². The third-order valence-electron chi connectivity index (χ3n) is 10.1. The topological polar surface area (TPSA) is 75.6 Å². The van der Waals surface area contributed by atoms with Gasteiger partial charge in [-0.25, -0.2) is 0 Å². The van der Waals surface area contributed by atoms with E-state index in [2.05, 4.69) is 12.1 Å². The Balaban J connectivity index is 1.19. The van der Waals surface area contributed by atoms with Crippen molar-refractivity contribution in [1.29, 1.82) is 0 Å². The lowest BCUT2D eigenvalue weighted by molar-refractivity contribution is -0.353. The van der Waals surface area contributed by atoms with Gasteiger partial charge in [-0.05, 0) is 58.0 Å². The summed E-state index contributed by atoms with van der Waals surface area (Å²) in [6, 6.07) is 42.1. The van der Waals surface area contributed by atoms with Crippen molar-refractivity contribution in [2.24, 2.45) is 0 Å². The highest BCUT2D eigenvalue weighted by molar-refractivity contribution is 6.31. The number of ether oxygens (including phenoxy) is 6. The van der Waals surface area contributed by atoms with Crippen LogP contribution in [0.2, 0.25) is 5.02 Å². The number of hydrogen-bond donors (Lipinski definition) is 1. The maximum Gasteiger partial charge on any atom is 0.225 e.